The second-order valence-electron chi connectivity index (χ2n) is 6.52. The second kappa shape index (κ2) is 10.1. The molecule has 0 aliphatic carbocycles. The van der Waals surface area contributed by atoms with Crippen molar-refractivity contribution in [2.75, 3.05) is 11.9 Å². The Balaban J connectivity index is 1.76. The van der Waals surface area contributed by atoms with Crippen molar-refractivity contribution in [2.45, 2.75) is 27.0 Å². The third kappa shape index (κ3) is 5.72. The van der Waals surface area contributed by atoms with Gasteiger partial charge in [-0.25, -0.2) is 0 Å². The Morgan fingerprint density at radius 3 is 2.34 bits per heavy atom. The normalized spacial score (nSPS) is 10.7. The van der Waals surface area contributed by atoms with E-state index in [9.17, 15) is 0 Å². The molecule has 1 N–H and O–H groups in total. The SMILES string of the molecule is CCOc1cc(CNc2cccc(Cl)c2C)cc(Cl)c1OCc1ccc(Cl)cc1. The molecule has 3 aromatic rings. The van der Waals surface area contributed by atoms with E-state index in [1.54, 1.807) is 0 Å². The lowest BCUT2D eigenvalue weighted by molar-refractivity contribution is 0.269. The maximum atomic E-state index is 6.52. The minimum atomic E-state index is 0.371. The monoisotopic (exact) mass is 449 g/mol. The van der Waals surface area contributed by atoms with Crippen LogP contribution in [0.5, 0.6) is 11.5 Å². The number of hydrogen-bond donors (Lipinski definition) is 1. The smallest absolute Gasteiger partial charge is 0.180 e. The Kier molecular flexibility index (Phi) is 7.54. The van der Waals surface area contributed by atoms with Crippen LogP contribution in [0.3, 0.4) is 0 Å². The van der Waals surface area contributed by atoms with Gasteiger partial charge in [-0.2, -0.15) is 0 Å². The predicted octanol–water partition coefficient (Wildman–Crippen LogP) is 7.55. The number of rotatable bonds is 8. The number of halogens is 3. The zero-order valence-corrected chi connectivity index (χ0v) is 18.5. The number of anilines is 1. The molecule has 152 valence electrons. The highest BCUT2D eigenvalue weighted by Gasteiger charge is 2.13. The Hall–Kier alpha value is -2.07. The molecule has 0 aliphatic heterocycles. The summed E-state index contributed by atoms with van der Waals surface area (Å²) in [7, 11) is 0. The summed E-state index contributed by atoms with van der Waals surface area (Å²) in [4.78, 5) is 0. The molecule has 0 bridgehead atoms. The first-order valence-corrected chi connectivity index (χ1v) is 10.4. The van der Waals surface area contributed by atoms with Crippen LogP contribution in [0.25, 0.3) is 0 Å². The van der Waals surface area contributed by atoms with Gasteiger partial charge in [0.1, 0.15) is 6.61 Å². The maximum absolute atomic E-state index is 6.52. The van der Waals surface area contributed by atoms with Crippen molar-refractivity contribution in [3.8, 4) is 11.5 Å². The highest BCUT2D eigenvalue weighted by Crippen LogP contribution is 2.37. The molecule has 3 nitrogen and oxygen atoms in total. The topological polar surface area (TPSA) is 30.5 Å². The first-order valence-electron chi connectivity index (χ1n) is 9.29. The average molecular weight is 451 g/mol. The van der Waals surface area contributed by atoms with Crippen LogP contribution in [0.2, 0.25) is 15.1 Å². The van der Waals surface area contributed by atoms with E-state index < -0.39 is 0 Å². The van der Waals surface area contributed by atoms with Gasteiger partial charge >= 0.3 is 0 Å². The Morgan fingerprint density at radius 1 is 0.862 bits per heavy atom. The summed E-state index contributed by atoms with van der Waals surface area (Å²) in [5.41, 5.74) is 3.97. The van der Waals surface area contributed by atoms with Crippen molar-refractivity contribution < 1.29 is 9.47 Å². The lowest BCUT2D eigenvalue weighted by Crippen LogP contribution is -2.04. The maximum Gasteiger partial charge on any atom is 0.180 e. The van der Waals surface area contributed by atoms with Crippen molar-refractivity contribution in [2.24, 2.45) is 0 Å². The Bertz CT molecular complexity index is 975. The molecule has 29 heavy (non-hydrogen) atoms. The fourth-order valence-corrected chi connectivity index (χ4v) is 3.45. The molecular formula is C23H22Cl3NO2. The largest absolute Gasteiger partial charge is 0.490 e. The molecule has 0 aliphatic rings. The summed E-state index contributed by atoms with van der Waals surface area (Å²) in [6, 6.07) is 17.1. The van der Waals surface area contributed by atoms with E-state index in [1.807, 2.05) is 68.4 Å². The molecule has 0 radical (unpaired) electrons. The molecule has 0 spiro atoms. The van der Waals surface area contributed by atoms with Gasteiger partial charge in [0.25, 0.3) is 0 Å². The standard InChI is InChI=1S/C23H22Cl3NO2/c1-3-28-22-12-17(13-27-21-6-4-5-19(25)15(21)2)11-20(26)23(22)29-14-16-7-9-18(24)10-8-16/h4-12,27H,3,13-14H2,1-2H3. The van der Waals surface area contributed by atoms with Crippen LogP contribution in [-0.4, -0.2) is 6.61 Å². The number of hydrogen-bond acceptors (Lipinski definition) is 3. The number of ether oxygens (including phenoxy) is 2. The van der Waals surface area contributed by atoms with Crippen molar-refractivity contribution in [3.05, 3.63) is 86.4 Å². The van der Waals surface area contributed by atoms with Crippen molar-refractivity contribution >= 4 is 40.5 Å². The molecule has 0 atom stereocenters. The molecule has 0 aromatic heterocycles. The molecule has 0 saturated heterocycles. The Labute approximate surface area is 186 Å². The zero-order chi connectivity index (χ0) is 20.8. The number of nitrogens with one attached hydrogen (secondary N) is 1. The molecule has 0 saturated carbocycles. The summed E-state index contributed by atoms with van der Waals surface area (Å²) in [5.74, 6) is 1.15. The van der Waals surface area contributed by atoms with Gasteiger partial charge in [0.15, 0.2) is 11.5 Å². The second-order valence-corrected chi connectivity index (χ2v) is 7.77. The van der Waals surface area contributed by atoms with E-state index in [-0.39, 0.29) is 0 Å². The molecular weight excluding hydrogens is 429 g/mol. The highest BCUT2D eigenvalue weighted by molar-refractivity contribution is 6.32. The van der Waals surface area contributed by atoms with Gasteiger partial charge in [0.05, 0.1) is 11.6 Å². The van der Waals surface area contributed by atoms with Crippen LogP contribution in [0.4, 0.5) is 5.69 Å². The highest BCUT2D eigenvalue weighted by atomic mass is 35.5. The molecule has 3 rings (SSSR count). The molecule has 0 unspecified atom stereocenters. The van der Waals surface area contributed by atoms with Gasteiger partial charge in [-0.05, 0) is 66.9 Å². The van der Waals surface area contributed by atoms with E-state index in [2.05, 4.69) is 5.32 Å². The van der Waals surface area contributed by atoms with Crippen LogP contribution in [-0.2, 0) is 13.2 Å². The van der Waals surface area contributed by atoms with Crippen LogP contribution < -0.4 is 14.8 Å². The van der Waals surface area contributed by atoms with E-state index in [4.69, 9.17) is 44.3 Å². The van der Waals surface area contributed by atoms with Gasteiger partial charge in [-0.1, -0.05) is 53.0 Å². The fraction of sp³-hybridized carbons (Fsp3) is 0.217. The van der Waals surface area contributed by atoms with E-state index >= 15 is 0 Å². The summed E-state index contributed by atoms with van der Waals surface area (Å²) >= 11 is 18.7. The van der Waals surface area contributed by atoms with Crippen LogP contribution in [0.1, 0.15) is 23.6 Å². The van der Waals surface area contributed by atoms with Gasteiger partial charge in [0, 0.05) is 22.3 Å². The average Bonchev–Trinajstić information content (AvgIpc) is 2.70. The van der Waals surface area contributed by atoms with Gasteiger partial charge in [-0.3, -0.25) is 0 Å². The van der Waals surface area contributed by atoms with Crippen molar-refractivity contribution in [3.63, 3.8) is 0 Å². The lowest BCUT2D eigenvalue weighted by Gasteiger charge is -2.16. The number of benzene rings is 3. The lowest BCUT2D eigenvalue weighted by atomic mass is 10.1. The molecule has 0 fully saturated rings. The summed E-state index contributed by atoms with van der Waals surface area (Å²) in [6.45, 7) is 5.38. The van der Waals surface area contributed by atoms with E-state index in [1.165, 1.54) is 0 Å². The van der Waals surface area contributed by atoms with E-state index in [0.717, 1.165) is 27.4 Å². The van der Waals surface area contributed by atoms with E-state index in [0.29, 0.717) is 41.3 Å². The van der Waals surface area contributed by atoms with Crippen LogP contribution in [0.15, 0.2) is 54.6 Å². The minimum absolute atomic E-state index is 0.371. The van der Waals surface area contributed by atoms with Gasteiger partial charge in [-0.15, -0.1) is 0 Å². The van der Waals surface area contributed by atoms with Gasteiger partial charge in [0.2, 0.25) is 0 Å². The summed E-state index contributed by atoms with van der Waals surface area (Å²) in [5, 5.41) is 5.32. The zero-order valence-electron chi connectivity index (χ0n) is 16.3. The minimum Gasteiger partial charge on any atom is -0.490 e. The first kappa shape index (κ1) is 21.6. The Morgan fingerprint density at radius 2 is 1.62 bits per heavy atom. The molecule has 3 aromatic carbocycles. The quantitative estimate of drug-likeness (QED) is 0.384. The molecule has 0 amide bonds. The van der Waals surface area contributed by atoms with Gasteiger partial charge < -0.3 is 14.8 Å². The summed E-state index contributed by atoms with van der Waals surface area (Å²) < 4.78 is 11.7. The molecule has 0 heterocycles. The fourth-order valence-electron chi connectivity index (χ4n) is 2.86. The van der Waals surface area contributed by atoms with Crippen LogP contribution >= 0.6 is 34.8 Å². The van der Waals surface area contributed by atoms with Crippen molar-refractivity contribution in [1.82, 2.24) is 0 Å². The first-order chi connectivity index (χ1) is 14.0. The third-order valence-electron chi connectivity index (χ3n) is 4.42. The third-order valence-corrected chi connectivity index (χ3v) is 5.36. The van der Waals surface area contributed by atoms with Crippen molar-refractivity contribution in [1.29, 1.82) is 0 Å². The molecule has 6 heteroatoms. The summed E-state index contributed by atoms with van der Waals surface area (Å²) in [6.07, 6.45) is 0. The predicted molar refractivity (Wildman–Crippen MR) is 122 cm³/mol. The van der Waals surface area contributed by atoms with Crippen LogP contribution in [0, 0.1) is 6.92 Å².